The van der Waals surface area contributed by atoms with Crippen molar-refractivity contribution in [3.05, 3.63) is 0 Å². The highest BCUT2D eigenvalue weighted by molar-refractivity contribution is 5.85. The first-order valence-electron chi connectivity index (χ1n) is 3.87. The number of halogens is 3. The summed E-state index contributed by atoms with van der Waals surface area (Å²) in [6, 6.07) is 0. The van der Waals surface area contributed by atoms with Gasteiger partial charge in [-0.3, -0.25) is 0 Å². The average molecular weight is 202 g/mol. The number of rotatable bonds is 3. The molecule has 0 heterocycles. The summed E-state index contributed by atoms with van der Waals surface area (Å²) in [5.41, 5.74) is 4.89. The van der Waals surface area contributed by atoms with Gasteiger partial charge in [0.25, 0.3) is 0 Å². The van der Waals surface area contributed by atoms with Gasteiger partial charge in [0, 0.05) is 5.92 Å². The lowest BCUT2D eigenvalue weighted by molar-refractivity contribution is 0.0125. The predicted molar refractivity (Wildman–Crippen MR) is 49.9 cm³/mol. The largest absolute Gasteiger partial charge is 0.330 e. The van der Waals surface area contributed by atoms with Crippen LogP contribution < -0.4 is 5.73 Å². The van der Waals surface area contributed by atoms with Crippen LogP contribution in [0.25, 0.3) is 0 Å². The van der Waals surface area contributed by atoms with Gasteiger partial charge >= 0.3 is 0 Å². The van der Waals surface area contributed by atoms with Crippen LogP contribution in [0.4, 0.5) is 8.78 Å². The molecule has 1 atom stereocenters. The molecule has 0 aromatic carbocycles. The van der Waals surface area contributed by atoms with Crippen molar-refractivity contribution in [2.45, 2.75) is 33.6 Å². The Balaban J connectivity index is 0. The normalized spacial score (nSPS) is 14.2. The number of hydrogen-bond acceptors (Lipinski definition) is 1. The molecule has 0 rings (SSSR count). The second kappa shape index (κ2) is 5.70. The molecule has 0 aromatic heterocycles. The lowest BCUT2D eigenvalue weighted by atomic mass is 9.79. The van der Waals surface area contributed by atoms with Crippen molar-refractivity contribution in [3.8, 4) is 0 Å². The van der Waals surface area contributed by atoms with Crippen LogP contribution in [0.15, 0.2) is 0 Å². The summed E-state index contributed by atoms with van der Waals surface area (Å²) in [4.78, 5) is 0. The van der Waals surface area contributed by atoms with Gasteiger partial charge in [0.2, 0.25) is 6.43 Å². The Labute approximate surface area is 79.1 Å². The van der Waals surface area contributed by atoms with Crippen LogP contribution in [0.5, 0.6) is 0 Å². The van der Waals surface area contributed by atoms with E-state index in [1.165, 1.54) is 0 Å². The van der Waals surface area contributed by atoms with Gasteiger partial charge in [-0.1, -0.05) is 20.8 Å². The quantitative estimate of drug-likeness (QED) is 0.747. The Kier molecular flexibility index (Phi) is 6.95. The molecule has 0 aliphatic rings. The number of hydrogen-bond donors (Lipinski definition) is 1. The van der Waals surface area contributed by atoms with Crippen LogP contribution in [0.1, 0.15) is 27.2 Å². The van der Waals surface area contributed by atoms with E-state index in [-0.39, 0.29) is 17.8 Å². The van der Waals surface area contributed by atoms with E-state index in [0.29, 0.717) is 13.0 Å². The maximum absolute atomic E-state index is 12.3. The van der Waals surface area contributed by atoms with Gasteiger partial charge in [-0.05, 0) is 18.4 Å². The second-order valence-corrected chi connectivity index (χ2v) is 3.88. The molecule has 2 N–H and O–H groups in total. The maximum atomic E-state index is 12.3. The molecule has 0 saturated heterocycles. The highest BCUT2D eigenvalue weighted by Gasteiger charge is 2.31. The molecule has 0 amide bonds. The lowest BCUT2D eigenvalue weighted by Gasteiger charge is -2.29. The van der Waals surface area contributed by atoms with Crippen LogP contribution in [0, 0.1) is 11.3 Å². The first-order valence-corrected chi connectivity index (χ1v) is 3.87. The minimum atomic E-state index is -2.25. The standard InChI is InChI=1S/C8H17F2N.ClH/c1-8(2,3)6(4-5-11)7(9)10;/h6-7H,4-5,11H2,1-3H3;1H. The zero-order valence-electron chi connectivity index (χ0n) is 7.81. The van der Waals surface area contributed by atoms with Gasteiger partial charge in [-0.25, -0.2) is 8.78 Å². The summed E-state index contributed by atoms with van der Waals surface area (Å²) < 4.78 is 24.7. The molecule has 76 valence electrons. The van der Waals surface area contributed by atoms with Crippen LogP contribution in [-0.4, -0.2) is 13.0 Å². The molecule has 0 aromatic rings. The molecule has 1 unspecified atom stereocenters. The molecular weight excluding hydrogens is 184 g/mol. The summed E-state index contributed by atoms with van der Waals surface area (Å²) in [5.74, 6) is -0.576. The molecule has 0 bridgehead atoms. The monoisotopic (exact) mass is 201 g/mol. The van der Waals surface area contributed by atoms with Crippen molar-refractivity contribution in [1.29, 1.82) is 0 Å². The van der Waals surface area contributed by atoms with Gasteiger partial charge in [0.1, 0.15) is 0 Å². The van der Waals surface area contributed by atoms with Crippen LogP contribution in [0.3, 0.4) is 0 Å². The van der Waals surface area contributed by atoms with Crippen LogP contribution >= 0.6 is 12.4 Å². The smallest absolute Gasteiger partial charge is 0.241 e. The summed E-state index contributed by atoms with van der Waals surface area (Å²) in [7, 11) is 0. The molecule has 0 radical (unpaired) electrons. The van der Waals surface area contributed by atoms with Crippen molar-refractivity contribution in [2.24, 2.45) is 17.1 Å². The Morgan fingerprint density at radius 2 is 1.67 bits per heavy atom. The van der Waals surface area contributed by atoms with Gasteiger partial charge in [0.05, 0.1) is 0 Å². The van der Waals surface area contributed by atoms with Crippen molar-refractivity contribution in [2.75, 3.05) is 6.54 Å². The Hall–Kier alpha value is 0.110. The predicted octanol–water partition coefficient (Wildman–Crippen LogP) is 2.68. The third-order valence-electron chi connectivity index (χ3n) is 1.89. The Bertz CT molecular complexity index is 112. The summed E-state index contributed by atoms with van der Waals surface area (Å²) in [6.07, 6.45) is -1.85. The molecule has 1 nitrogen and oxygen atoms in total. The van der Waals surface area contributed by atoms with Crippen molar-refractivity contribution < 1.29 is 8.78 Å². The van der Waals surface area contributed by atoms with Gasteiger partial charge in [-0.15, -0.1) is 12.4 Å². The van der Waals surface area contributed by atoms with E-state index in [0.717, 1.165) is 0 Å². The lowest BCUT2D eigenvalue weighted by Crippen LogP contribution is -2.29. The van der Waals surface area contributed by atoms with E-state index >= 15 is 0 Å². The molecule has 12 heavy (non-hydrogen) atoms. The van der Waals surface area contributed by atoms with E-state index in [4.69, 9.17) is 5.73 Å². The van der Waals surface area contributed by atoms with E-state index in [9.17, 15) is 8.78 Å². The molecule has 4 heteroatoms. The number of nitrogens with two attached hydrogens (primary N) is 1. The second-order valence-electron chi connectivity index (χ2n) is 3.88. The zero-order valence-corrected chi connectivity index (χ0v) is 8.63. The van der Waals surface area contributed by atoms with E-state index in [1.54, 1.807) is 0 Å². The van der Waals surface area contributed by atoms with E-state index in [2.05, 4.69) is 0 Å². The SMILES string of the molecule is CC(C)(C)C(CCN)C(F)F.Cl. The first-order chi connectivity index (χ1) is 4.89. The summed E-state index contributed by atoms with van der Waals surface area (Å²) in [5, 5.41) is 0. The van der Waals surface area contributed by atoms with Crippen LogP contribution in [0.2, 0.25) is 0 Å². The van der Waals surface area contributed by atoms with Crippen molar-refractivity contribution in [1.82, 2.24) is 0 Å². The minimum Gasteiger partial charge on any atom is -0.330 e. The fraction of sp³-hybridized carbons (Fsp3) is 1.00. The Morgan fingerprint density at radius 1 is 1.25 bits per heavy atom. The topological polar surface area (TPSA) is 26.0 Å². The third kappa shape index (κ3) is 4.88. The van der Waals surface area contributed by atoms with Crippen molar-refractivity contribution in [3.63, 3.8) is 0 Å². The molecule has 0 aliphatic heterocycles. The van der Waals surface area contributed by atoms with E-state index in [1.807, 2.05) is 20.8 Å². The van der Waals surface area contributed by atoms with Gasteiger partial charge in [0.15, 0.2) is 0 Å². The molecule has 0 aliphatic carbocycles. The Morgan fingerprint density at radius 3 is 1.75 bits per heavy atom. The zero-order chi connectivity index (χ0) is 9.07. The molecule has 0 spiro atoms. The van der Waals surface area contributed by atoms with Crippen molar-refractivity contribution >= 4 is 12.4 Å². The fourth-order valence-corrected chi connectivity index (χ4v) is 1.12. The highest BCUT2D eigenvalue weighted by Crippen LogP contribution is 2.33. The fourth-order valence-electron chi connectivity index (χ4n) is 1.12. The number of alkyl halides is 2. The highest BCUT2D eigenvalue weighted by atomic mass is 35.5. The summed E-state index contributed by atoms with van der Waals surface area (Å²) >= 11 is 0. The molecule has 0 fully saturated rings. The van der Waals surface area contributed by atoms with Crippen LogP contribution in [-0.2, 0) is 0 Å². The maximum Gasteiger partial charge on any atom is 0.241 e. The van der Waals surface area contributed by atoms with E-state index < -0.39 is 12.3 Å². The molecular formula is C8H18ClF2N. The van der Waals surface area contributed by atoms with Gasteiger partial charge in [-0.2, -0.15) is 0 Å². The van der Waals surface area contributed by atoms with Gasteiger partial charge < -0.3 is 5.73 Å². The molecule has 0 saturated carbocycles. The summed E-state index contributed by atoms with van der Waals surface area (Å²) in [6.45, 7) is 5.80. The first kappa shape index (κ1) is 14.6. The average Bonchev–Trinajstić information content (AvgIpc) is 1.79. The minimum absolute atomic E-state index is 0. The third-order valence-corrected chi connectivity index (χ3v) is 1.89.